The Kier molecular flexibility index (Phi) is 7.81. The van der Waals surface area contributed by atoms with Gasteiger partial charge in [0.1, 0.15) is 18.1 Å². The quantitative estimate of drug-likeness (QED) is 0.378. The summed E-state index contributed by atoms with van der Waals surface area (Å²) in [5.41, 5.74) is 6.31. The van der Waals surface area contributed by atoms with Gasteiger partial charge in [-0.1, -0.05) is 24.4 Å². The van der Waals surface area contributed by atoms with Crippen molar-refractivity contribution in [2.24, 2.45) is 0 Å². The van der Waals surface area contributed by atoms with Gasteiger partial charge in [0.15, 0.2) is 0 Å². The number of nitrogens with one attached hydrogen (secondary N) is 2. The molecule has 11 heteroatoms. The summed E-state index contributed by atoms with van der Waals surface area (Å²) >= 11 is 5.99. The molecule has 2 heterocycles. The van der Waals surface area contributed by atoms with Crippen LogP contribution in [0.2, 0.25) is 5.02 Å². The fraction of sp³-hybridized carbons (Fsp3) is 0.583. The Morgan fingerprint density at radius 2 is 1.94 bits per heavy atom. The van der Waals surface area contributed by atoms with Gasteiger partial charge < -0.3 is 30.7 Å². The molecule has 0 aromatic heterocycles. The van der Waals surface area contributed by atoms with E-state index in [9.17, 15) is 19.2 Å². The summed E-state index contributed by atoms with van der Waals surface area (Å²) in [5.74, 6) is -1.61. The first kappa shape index (κ1) is 25.2. The number of halogens is 1. The number of anilines is 1. The van der Waals surface area contributed by atoms with Crippen LogP contribution in [0.3, 0.4) is 0 Å². The number of cyclic esters (lactones) is 1. The smallest absolute Gasteiger partial charge is 0.310 e. The number of nitrogens with two attached hydrogens (primary N) is 1. The molecule has 3 amide bonds. The van der Waals surface area contributed by atoms with Crippen LogP contribution in [0, 0.1) is 0 Å². The number of hydrogen-bond donors (Lipinski definition) is 3. The number of carbonyl (C=O) groups is 4. The minimum absolute atomic E-state index is 0.0234. The van der Waals surface area contributed by atoms with Crippen molar-refractivity contribution in [2.45, 2.75) is 82.4 Å². The minimum atomic E-state index is -0.859. The van der Waals surface area contributed by atoms with Crippen molar-refractivity contribution in [2.75, 3.05) is 12.3 Å². The Morgan fingerprint density at radius 1 is 1.20 bits per heavy atom. The van der Waals surface area contributed by atoms with Crippen LogP contribution in [0.4, 0.5) is 5.69 Å². The number of nitrogen functional groups attached to an aromatic ring is 1. The summed E-state index contributed by atoms with van der Waals surface area (Å²) < 4.78 is 11.2. The number of benzene rings is 1. The lowest BCUT2D eigenvalue weighted by molar-refractivity contribution is -0.176. The number of ether oxygens (including phenoxy) is 2. The van der Waals surface area contributed by atoms with Crippen LogP contribution in [-0.2, 0) is 23.9 Å². The number of hydrogen-bond acceptors (Lipinski definition) is 7. The van der Waals surface area contributed by atoms with E-state index in [0.717, 1.165) is 25.7 Å². The van der Waals surface area contributed by atoms with E-state index in [1.54, 1.807) is 6.92 Å². The van der Waals surface area contributed by atoms with Gasteiger partial charge in [-0.15, -0.1) is 0 Å². The molecule has 10 nitrogen and oxygen atoms in total. The first-order valence-electron chi connectivity index (χ1n) is 12.0. The SMILES string of the molecule is C[C@H](NC(=O)c1ccc(N)c(Cl)c1)C(=O)N1CCC[C@H]1C(=O)NC1CC(=O)OC1OC1CCCC1. The normalized spacial score (nSPS) is 25.4. The van der Waals surface area contributed by atoms with Gasteiger partial charge in [-0.2, -0.15) is 0 Å². The average molecular weight is 507 g/mol. The standard InChI is InChI=1S/C24H31ClN4O6/c1-13(27-21(31)14-8-9-17(26)16(25)11-14)23(33)29-10-4-7-19(29)22(32)28-18-12-20(30)35-24(18)34-15-5-2-3-6-15/h8-9,11,13,15,18-19,24H,2-7,10,12,26H2,1H3,(H,27,31)(H,28,32)/t13-,18?,19-,24?/m0/s1. The van der Waals surface area contributed by atoms with Crippen LogP contribution >= 0.6 is 11.6 Å². The highest BCUT2D eigenvalue weighted by atomic mass is 35.5. The maximum absolute atomic E-state index is 13.1. The van der Waals surface area contributed by atoms with Gasteiger partial charge in [-0.3, -0.25) is 19.2 Å². The molecule has 4 N–H and O–H groups in total. The molecule has 4 atom stereocenters. The zero-order chi connectivity index (χ0) is 25.1. The zero-order valence-electron chi connectivity index (χ0n) is 19.6. The number of rotatable bonds is 7. The maximum atomic E-state index is 13.1. The Labute approximate surface area is 208 Å². The second-order valence-electron chi connectivity index (χ2n) is 9.34. The van der Waals surface area contributed by atoms with Crippen LogP contribution < -0.4 is 16.4 Å². The van der Waals surface area contributed by atoms with Crippen molar-refractivity contribution in [3.05, 3.63) is 28.8 Å². The van der Waals surface area contributed by atoms with Gasteiger partial charge in [0.05, 0.1) is 23.2 Å². The molecule has 1 saturated carbocycles. The third-order valence-electron chi connectivity index (χ3n) is 6.74. The molecule has 1 aromatic rings. The molecule has 1 aromatic carbocycles. The van der Waals surface area contributed by atoms with Crippen LogP contribution in [0.25, 0.3) is 0 Å². The molecule has 0 radical (unpaired) electrons. The highest BCUT2D eigenvalue weighted by Crippen LogP contribution is 2.27. The van der Waals surface area contributed by atoms with E-state index in [1.165, 1.54) is 23.1 Å². The van der Waals surface area contributed by atoms with Crippen molar-refractivity contribution in [3.8, 4) is 0 Å². The molecule has 2 unspecified atom stereocenters. The van der Waals surface area contributed by atoms with E-state index < -0.39 is 36.3 Å². The summed E-state index contributed by atoms with van der Waals surface area (Å²) in [6.07, 6.45) is 4.34. The second-order valence-corrected chi connectivity index (χ2v) is 9.75. The van der Waals surface area contributed by atoms with Crippen molar-refractivity contribution >= 4 is 41.0 Å². The number of esters is 1. The van der Waals surface area contributed by atoms with E-state index >= 15 is 0 Å². The number of nitrogens with zero attached hydrogens (tertiary/aromatic N) is 1. The maximum Gasteiger partial charge on any atom is 0.310 e. The van der Waals surface area contributed by atoms with E-state index in [2.05, 4.69) is 10.6 Å². The number of carbonyl (C=O) groups excluding carboxylic acids is 4. The van der Waals surface area contributed by atoms with Crippen molar-refractivity contribution < 1.29 is 28.7 Å². The van der Waals surface area contributed by atoms with Crippen LogP contribution in [0.15, 0.2) is 18.2 Å². The Bertz CT molecular complexity index is 998. The highest BCUT2D eigenvalue weighted by Gasteiger charge is 2.42. The van der Waals surface area contributed by atoms with E-state index in [-0.39, 0.29) is 34.9 Å². The summed E-state index contributed by atoms with van der Waals surface area (Å²) in [6.45, 7) is 1.97. The Balaban J connectivity index is 1.35. The molecule has 1 aliphatic carbocycles. The number of amides is 3. The van der Waals surface area contributed by atoms with Crippen LogP contribution in [0.5, 0.6) is 0 Å². The second kappa shape index (κ2) is 10.8. The molecule has 35 heavy (non-hydrogen) atoms. The molecule has 4 rings (SSSR count). The first-order valence-corrected chi connectivity index (χ1v) is 12.4. The molecule has 2 aliphatic heterocycles. The average Bonchev–Trinajstić information content (AvgIpc) is 3.57. The fourth-order valence-electron chi connectivity index (χ4n) is 4.83. The summed E-state index contributed by atoms with van der Waals surface area (Å²) in [4.78, 5) is 52.1. The van der Waals surface area contributed by atoms with Crippen molar-refractivity contribution in [1.29, 1.82) is 0 Å². The molecular formula is C24H31ClN4O6. The van der Waals surface area contributed by atoms with Crippen molar-refractivity contribution in [1.82, 2.24) is 15.5 Å². The molecule has 190 valence electrons. The summed E-state index contributed by atoms with van der Waals surface area (Å²) in [7, 11) is 0. The lowest BCUT2D eigenvalue weighted by Crippen LogP contribution is -2.54. The lowest BCUT2D eigenvalue weighted by Gasteiger charge is -2.29. The van der Waals surface area contributed by atoms with Gasteiger partial charge >= 0.3 is 5.97 Å². The van der Waals surface area contributed by atoms with Gasteiger partial charge in [0.2, 0.25) is 18.1 Å². The summed E-state index contributed by atoms with van der Waals surface area (Å²) in [5, 5.41) is 5.77. The predicted molar refractivity (Wildman–Crippen MR) is 127 cm³/mol. The predicted octanol–water partition coefficient (Wildman–Crippen LogP) is 1.75. The molecule has 2 saturated heterocycles. The Morgan fingerprint density at radius 3 is 2.66 bits per heavy atom. The number of likely N-dealkylation sites (tertiary alicyclic amines) is 1. The third kappa shape index (κ3) is 5.87. The topological polar surface area (TPSA) is 140 Å². The molecule has 0 bridgehead atoms. The van der Waals surface area contributed by atoms with Crippen molar-refractivity contribution in [3.63, 3.8) is 0 Å². The van der Waals surface area contributed by atoms with Gasteiger partial charge in [0.25, 0.3) is 5.91 Å². The van der Waals surface area contributed by atoms with E-state index in [0.29, 0.717) is 25.1 Å². The third-order valence-corrected chi connectivity index (χ3v) is 7.07. The van der Waals surface area contributed by atoms with Crippen LogP contribution in [-0.4, -0.2) is 65.7 Å². The largest absolute Gasteiger partial charge is 0.433 e. The first-order chi connectivity index (χ1) is 16.7. The molecule has 3 aliphatic rings. The Hall–Kier alpha value is -2.85. The summed E-state index contributed by atoms with van der Waals surface area (Å²) in [6, 6.07) is 2.32. The minimum Gasteiger partial charge on any atom is -0.433 e. The lowest BCUT2D eigenvalue weighted by atomic mass is 10.1. The van der Waals surface area contributed by atoms with E-state index in [1.807, 2.05) is 0 Å². The molecule has 3 fully saturated rings. The van der Waals surface area contributed by atoms with Gasteiger partial charge in [0, 0.05) is 12.1 Å². The van der Waals surface area contributed by atoms with E-state index in [4.69, 9.17) is 26.8 Å². The zero-order valence-corrected chi connectivity index (χ0v) is 20.4. The highest BCUT2D eigenvalue weighted by molar-refractivity contribution is 6.33. The molecular weight excluding hydrogens is 476 g/mol. The molecule has 0 spiro atoms. The fourth-order valence-corrected chi connectivity index (χ4v) is 5.01. The monoisotopic (exact) mass is 506 g/mol. The van der Waals surface area contributed by atoms with Gasteiger partial charge in [-0.25, -0.2) is 0 Å². The van der Waals surface area contributed by atoms with Gasteiger partial charge in [-0.05, 0) is 50.8 Å². The van der Waals surface area contributed by atoms with Crippen LogP contribution in [0.1, 0.15) is 62.2 Å².